The topological polar surface area (TPSA) is 37.4 Å². The lowest BCUT2D eigenvalue weighted by atomic mass is 9.78. The summed E-state index contributed by atoms with van der Waals surface area (Å²) in [6.45, 7) is 1.85. The van der Waals surface area contributed by atoms with Crippen molar-refractivity contribution in [2.75, 3.05) is 11.9 Å². The number of nitrogens with zero attached hydrogens (tertiary/aromatic N) is 1. The van der Waals surface area contributed by atoms with Crippen LogP contribution in [0, 0.1) is 0 Å². The number of halogens is 1. The Bertz CT molecular complexity index is 757. The third-order valence-electron chi connectivity index (χ3n) is 4.30. The van der Waals surface area contributed by atoms with Crippen LogP contribution in [-0.4, -0.2) is 18.7 Å². The molecule has 0 radical (unpaired) electrons. The van der Waals surface area contributed by atoms with Crippen molar-refractivity contribution in [3.8, 4) is 0 Å². The summed E-state index contributed by atoms with van der Waals surface area (Å²) >= 11 is 3.45. The van der Waals surface area contributed by atoms with Gasteiger partial charge >= 0.3 is 0 Å². The van der Waals surface area contributed by atoms with Gasteiger partial charge in [-0.25, -0.2) is 0 Å². The fourth-order valence-electron chi connectivity index (χ4n) is 3.06. The lowest BCUT2D eigenvalue weighted by molar-refractivity contribution is -0.122. The van der Waals surface area contributed by atoms with Gasteiger partial charge in [-0.1, -0.05) is 46.3 Å². The molecule has 1 atom stereocenters. The van der Waals surface area contributed by atoms with Crippen LogP contribution < -0.4 is 4.90 Å². The number of carbonyl (C=O) groups is 2. The molecular weight excluding hydrogens is 342 g/mol. The first kappa shape index (κ1) is 15.0. The number of benzene rings is 2. The molecule has 0 fully saturated rings. The summed E-state index contributed by atoms with van der Waals surface area (Å²) in [5, 5.41) is 0. The van der Waals surface area contributed by atoms with Crippen molar-refractivity contribution >= 4 is 33.3 Å². The molecular formula is C18H16BrNO2. The Kier molecular flexibility index (Phi) is 3.65. The highest BCUT2D eigenvalue weighted by molar-refractivity contribution is 9.10. The smallest absolute Gasteiger partial charge is 0.237 e. The second-order valence-electron chi connectivity index (χ2n) is 5.82. The van der Waals surface area contributed by atoms with Crippen molar-refractivity contribution in [3.63, 3.8) is 0 Å². The molecule has 112 valence electrons. The molecule has 0 aromatic heterocycles. The number of amides is 1. The molecule has 1 amide bonds. The number of anilines is 1. The van der Waals surface area contributed by atoms with Gasteiger partial charge in [-0.05, 0) is 30.7 Å². The summed E-state index contributed by atoms with van der Waals surface area (Å²) in [5.74, 6) is -0.0532. The number of ketones is 1. The monoisotopic (exact) mass is 357 g/mol. The van der Waals surface area contributed by atoms with Gasteiger partial charge in [0.25, 0.3) is 0 Å². The molecule has 0 spiro atoms. The maximum absolute atomic E-state index is 12.7. The summed E-state index contributed by atoms with van der Waals surface area (Å²) in [6.07, 6.45) is 0.170. The standard InChI is InChI=1S/C18H16BrNO2/c1-18(11-16(21)12-6-4-3-5-7-12)14-10-13(19)8-9-15(14)20(2)17(18)22/h3-10H,11H2,1-2H3. The molecule has 3 nitrogen and oxygen atoms in total. The predicted molar refractivity (Wildman–Crippen MR) is 90.3 cm³/mol. The first-order chi connectivity index (χ1) is 10.4. The van der Waals surface area contributed by atoms with Crippen LogP contribution in [0.5, 0.6) is 0 Å². The van der Waals surface area contributed by atoms with Crippen LogP contribution in [0.1, 0.15) is 29.3 Å². The Labute approximate surface area is 138 Å². The summed E-state index contributed by atoms with van der Waals surface area (Å²) in [7, 11) is 1.76. The predicted octanol–water partition coefficient (Wildman–Crippen LogP) is 3.96. The fourth-order valence-corrected chi connectivity index (χ4v) is 3.42. The largest absolute Gasteiger partial charge is 0.314 e. The average Bonchev–Trinajstić information content (AvgIpc) is 2.70. The van der Waals surface area contributed by atoms with Crippen molar-refractivity contribution < 1.29 is 9.59 Å². The van der Waals surface area contributed by atoms with Crippen LogP contribution in [0.2, 0.25) is 0 Å². The minimum atomic E-state index is -0.819. The van der Waals surface area contributed by atoms with Crippen molar-refractivity contribution in [2.24, 2.45) is 0 Å². The molecule has 22 heavy (non-hydrogen) atoms. The third kappa shape index (κ3) is 2.28. The average molecular weight is 358 g/mol. The summed E-state index contributed by atoms with van der Waals surface area (Å²) in [4.78, 5) is 26.9. The van der Waals surface area contributed by atoms with Gasteiger partial charge in [-0.2, -0.15) is 0 Å². The Morgan fingerprint density at radius 3 is 2.55 bits per heavy atom. The van der Waals surface area contributed by atoms with E-state index in [0.717, 1.165) is 15.7 Å². The summed E-state index contributed by atoms with van der Waals surface area (Å²) in [5.41, 5.74) is 1.60. The quantitative estimate of drug-likeness (QED) is 0.779. The Morgan fingerprint density at radius 2 is 1.86 bits per heavy atom. The zero-order valence-electron chi connectivity index (χ0n) is 12.5. The van der Waals surface area contributed by atoms with Crippen LogP contribution >= 0.6 is 15.9 Å². The Balaban J connectivity index is 2.01. The molecule has 0 saturated heterocycles. The van der Waals surface area contributed by atoms with E-state index in [1.807, 2.05) is 43.3 Å². The molecule has 1 heterocycles. The molecule has 1 unspecified atom stereocenters. The molecule has 0 aliphatic carbocycles. The number of fused-ring (bicyclic) bond motifs is 1. The van der Waals surface area contributed by atoms with Gasteiger partial charge in [-0.3, -0.25) is 9.59 Å². The molecule has 3 rings (SSSR count). The summed E-state index contributed by atoms with van der Waals surface area (Å²) < 4.78 is 0.910. The first-order valence-corrected chi connectivity index (χ1v) is 7.89. The lowest BCUT2D eigenvalue weighted by Crippen LogP contribution is -2.37. The van der Waals surface area contributed by atoms with Crippen LogP contribution in [0.25, 0.3) is 0 Å². The van der Waals surface area contributed by atoms with E-state index < -0.39 is 5.41 Å². The number of hydrogen-bond donors (Lipinski definition) is 0. The second-order valence-corrected chi connectivity index (χ2v) is 6.74. The van der Waals surface area contributed by atoms with E-state index in [1.165, 1.54) is 0 Å². The zero-order chi connectivity index (χ0) is 15.9. The van der Waals surface area contributed by atoms with Crippen molar-refractivity contribution in [1.29, 1.82) is 0 Å². The fraction of sp³-hybridized carbons (Fsp3) is 0.222. The van der Waals surface area contributed by atoms with E-state index in [2.05, 4.69) is 15.9 Å². The molecule has 2 aromatic carbocycles. The van der Waals surface area contributed by atoms with Gasteiger partial charge in [0.1, 0.15) is 0 Å². The third-order valence-corrected chi connectivity index (χ3v) is 4.79. The number of hydrogen-bond acceptors (Lipinski definition) is 2. The molecule has 0 saturated carbocycles. The van der Waals surface area contributed by atoms with Gasteiger partial charge in [0, 0.05) is 29.2 Å². The highest BCUT2D eigenvalue weighted by Crippen LogP contribution is 2.44. The lowest BCUT2D eigenvalue weighted by Gasteiger charge is -2.22. The summed E-state index contributed by atoms with van der Waals surface area (Å²) in [6, 6.07) is 14.9. The van der Waals surface area contributed by atoms with Crippen LogP contribution in [0.4, 0.5) is 5.69 Å². The normalized spacial score (nSPS) is 20.1. The van der Waals surface area contributed by atoms with Crippen molar-refractivity contribution in [3.05, 3.63) is 64.1 Å². The van der Waals surface area contributed by atoms with E-state index in [4.69, 9.17) is 0 Å². The number of Topliss-reactive ketones (excluding diaryl/α,β-unsaturated/α-hetero) is 1. The second kappa shape index (κ2) is 5.36. The molecule has 0 N–H and O–H groups in total. The van der Waals surface area contributed by atoms with Gasteiger partial charge < -0.3 is 4.90 Å². The van der Waals surface area contributed by atoms with E-state index in [-0.39, 0.29) is 18.1 Å². The van der Waals surface area contributed by atoms with Crippen LogP contribution in [-0.2, 0) is 10.2 Å². The van der Waals surface area contributed by atoms with Crippen molar-refractivity contribution in [1.82, 2.24) is 0 Å². The highest BCUT2D eigenvalue weighted by atomic mass is 79.9. The highest BCUT2D eigenvalue weighted by Gasteiger charge is 2.47. The Hall–Kier alpha value is -1.94. The maximum Gasteiger partial charge on any atom is 0.237 e. The van der Waals surface area contributed by atoms with Crippen molar-refractivity contribution in [2.45, 2.75) is 18.8 Å². The van der Waals surface area contributed by atoms with E-state index in [1.54, 1.807) is 24.1 Å². The van der Waals surface area contributed by atoms with Gasteiger partial charge in [-0.15, -0.1) is 0 Å². The molecule has 1 aliphatic rings. The van der Waals surface area contributed by atoms with Crippen LogP contribution in [0.3, 0.4) is 0 Å². The zero-order valence-corrected chi connectivity index (χ0v) is 14.1. The van der Waals surface area contributed by atoms with Gasteiger partial charge in [0.05, 0.1) is 5.41 Å². The van der Waals surface area contributed by atoms with E-state index in [9.17, 15) is 9.59 Å². The van der Waals surface area contributed by atoms with Crippen LogP contribution in [0.15, 0.2) is 53.0 Å². The molecule has 0 bridgehead atoms. The minimum Gasteiger partial charge on any atom is -0.314 e. The SMILES string of the molecule is CN1C(=O)C(C)(CC(=O)c2ccccc2)c2cc(Br)ccc21. The molecule has 1 aliphatic heterocycles. The Morgan fingerprint density at radius 1 is 1.18 bits per heavy atom. The first-order valence-electron chi connectivity index (χ1n) is 7.10. The number of carbonyl (C=O) groups excluding carboxylic acids is 2. The number of rotatable bonds is 3. The maximum atomic E-state index is 12.7. The van der Waals surface area contributed by atoms with E-state index >= 15 is 0 Å². The molecule has 2 aromatic rings. The van der Waals surface area contributed by atoms with Gasteiger partial charge in [0.2, 0.25) is 5.91 Å². The van der Waals surface area contributed by atoms with Gasteiger partial charge in [0.15, 0.2) is 5.78 Å². The molecule has 4 heteroatoms. The number of likely N-dealkylation sites (N-methyl/N-ethyl adjacent to an activating group) is 1. The van der Waals surface area contributed by atoms with E-state index in [0.29, 0.717) is 5.56 Å². The minimum absolute atomic E-state index is 0.0160.